The van der Waals surface area contributed by atoms with E-state index < -0.39 is 0 Å². The molecule has 1 radical (unpaired) electrons. The topological polar surface area (TPSA) is 44.2 Å². The van der Waals surface area contributed by atoms with Crippen LogP contribution in [-0.4, -0.2) is 25.6 Å². The Morgan fingerprint density at radius 1 is 1.00 bits per heavy atom. The molecule has 0 saturated heterocycles. The quantitative estimate of drug-likeness (QED) is 0.781. The lowest BCUT2D eigenvalue weighted by molar-refractivity contribution is 0.102. The molecule has 0 unspecified atom stereocenters. The van der Waals surface area contributed by atoms with Crippen molar-refractivity contribution in [3.63, 3.8) is 0 Å². The van der Waals surface area contributed by atoms with Crippen LogP contribution in [0.3, 0.4) is 0 Å². The third-order valence-corrected chi connectivity index (χ3v) is 3.66. The second-order valence-electron chi connectivity index (χ2n) is 5.08. The molecule has 0 atom stereocenters. The zero-order valence-electron chi connectivity index (χ0n) is 14.0. The van der Waals surface area contributed by atoms with Gasteiger partial charge in [0.2, 0.25) is 5.69 Å². The molecule has 0 aromatic heterocycles. The molecule has 0 heterocycles. The molecule has 0 spiro atoms. The summed E-state index contributed by atoms with van der Waals surface area (Å²) < 4.78 is 5.81. The van der Waals surface area contributed by atoms with Gasteiger partial charge in [0.1, 0.15) is 13.1 Å². The predicted molar refractivity (Wildman–Crippen MR) is 94.9 cm³/mol. The van der Waals surface area contributed by atoms with E-state index in [1.54, 1.807) is 6.07 Å². The fourth-order valence-electron chi connectivity index (χ4n) is 2.53. The van der Waals surface area contributed by atoms with Crippen molar-refractivity contribution in [3.8, 4) is 5.75 Å². The number of nitrogens with one attached hydrogen (secondary N) is 1. The molecule has 4 nitrogen and oxygen atoms in total. The van der Waals surface area contributed by atoms with Crippen LogP contribution in [0.2, 0.25) is 0 Å². The molecule has 0 aliphatic heterocycles. The van der Waals surface area contributed by atoms with E-state index in [2.05, 4.69) is 24.1 Å². The highest BCUT2D eigenvalue weighted by atomic mass is 16.5. The Hall–Kier alpha value is -2.33. The van der Waals surface area contributed by atoms with Gasteiger partial charge in [0.15, 0.2) is 5.75 Å². The number of hydrogen-bond acceptors (Lipinski definition) is 3. The van der Waals surface area contributed by atoms with Gasteiger partial charge in [0, 0.05) is 11.8 Å². The van der Waals surface area contributed by atoms with E-state index in [4.69, 9.17) is 4.74 Å². The Bertz CT molecular complexity index is 637. The summed E-state index contributed by atoms with van der Waals surface area (Å²) in [5.74, 6) is 0.487. The fourth-order valence-corrected chi connectivity index (χ4v) is 2.53. The summed E-state index contributed by atoms with van der Waals surface area (Å²) in [7, 11) is 0. The van der Waals surface area contributed by atoms with E-state index in [1.165, 1.54) is 0 Å². The summed E-state index contributed by atoms with van der Waals surface area (Å²) in [6, 6.07) is 15.1. The molecule has 0 bridgehead atoms. The first-order chi connectivity index (χ1) is 11.2. The molecule has 0 fully saturated rings. The molecule has 2 rings (SSSR count). The Morgan fingerprint density at radius 2 is 1.70 bits per heavy atom. The SMILES string of the molecule is CCOc1c(C(=O)Nc2ccccc2)cccc1[N+](CC)CC. The molecular weight excluding hydrogens is 288 g/mol. The molecule has 0 aliphatic carbocycles. The Balaban J connectivity index is 2.37. The number of carbonyl (C=O) groups is 1. The van der Waals surface area contributed by atoms with Crippen molar-refractivity contribution in [1.29, 1.82) is 0 Å². The van der Waals surface area contributed by atoms with Crippen molar-refractivity contribution in [1.82, 2.24) is 4.90 Å². The van der Waals surface area contributed by atoms with Gasteiger partial charge in [-0.1, -0.05) is 24.3 Å². The number of anilines is 2. The first kappa shape index (κ1) is 17.0. The highest BCUT2D eigenvalue weighted by molar-refractivity contribution is 6.07. The van der Waals surface area contributed by atoms with E-state index in [0.29, 0.717) is 17.9 Å². The van der Waals surface area contributed by atoms with Crippen molar-refractivity contribution in [3.05, 3.63) is 54.1 Å². The van der Waals surface area contributed by atoms with Crippen LogP contribution in [0.4, 0.5) is 11.4 Å². The third kappa shape index (κ3) is 4.11. The molecule has 2 aromatic carbocycles. The van der Waals surface area contributed by atoms with Crippen molar-refractivity contribution >= 4 is 17.3 Å². The van der Waals surface area contributed by atoms with Gasteiger partial charge in [-0.3, -0.25) is 4.79 Å². The fraction of sp³-hybridized carbons (Fsp3) is 0.316. The molecule has 1 N–H and O–H groups in total. The number of hydrogen-bond donors (Lipinski definition) is 1. The van der Waals surface area contributed by atoms with Crippen molar-refractivity contribution in [2.45, 2.75) is 20.8 Å². The van der Waals surface area contributed by atoms with Crippen molar-refractivity contribution in [2.75, 3.05) is 25.0 Å². The smallest absolute Gasteiger partial charge is 0.259 e. The molecule has 1 amide bonds. The molecule has 0 saturated carbocycles. The monoisotopic (exact) mass is 312 g/mol. The molecule has 121 valence electrons. The summed E-state index contributed by atoms with van der Waals surface area (Å²) in [6.07, 6.45) is 0. The van der Waals surface area contributed by atoms with Crippen molar-refractivity contribution < 1.29 is 9.53 Å². The minimum atomic E-state index is -0.159. The lowest BCUT2D eigenvalue weighted by Crippen LogP contribution is -2.25. The van der Waals surface area contributed by atoms with Crippen molar-refractivity contribution in [2.24, 2.45) is 0 Å². The lowest BCUT2D eigenvalue weighted by atomic mass is 10.1. The van der Waals surface area contributed by atoms with E-state index in [0.717, 1.165) is 24.5 Å². The second kappa shape index (κ2) is 8.34. The maximum Gasteiger partial charge on any atom is 0.259 e. The summed E-state index contributed by atoms with van der Waals surface area (Å²) in [6.45, 7) is 8.36. The second-order valence-corrected chi connectivity index (χ2v) is 5.08. The average molecular weight is 312 g/mol. The number of benzene rings is 2. The van der Waals surface area contributed by atoms with Gasteiger partial charge in [-0.25, -0.2) is 0 Å². The average Bonchev–Trinajstić information content (AvgIpc) is 2.58. The zero-order chi connectivity index (χ0) is 16.7. The van der Waals surface area contributed by atoms with Gasteiger partial charge in [0.25, 0.3) is 5.91 Å². The number of carbonyl (C=O) groups excluding carboxylic acids is 1. The van der Waals surface area contributed by atoms with Gasteiger partial charge in [-0.15, -0.1) is 4.90 Å². The number of amides is 1. The van der Waals surface area contributed by atoms with Gasteiger partial charge in [0.05, 0.1) is 12.2 Å². The largest absolute Gasteiger partial charge is 0.487 e. The van der Waals surface area contributed by atoms with Crippen LogP contribution in [0.1, 0.15) is 31.1 Å². The normalized spacial score (nSPS) is 10.6. The highest BCUT2D eigenvalue weighted by Crippen LogP contribution is 2.32. The standard InChI is InChI=1S/C19H24N2O2/c1-4-21(5-2)17-14-10-13-16(18(17)23-6-3)19(22)20-15-11-8-7-9-12-15/h7-14H,4-6H2,1-3H3,(H,20,22)/q+1. The van der Waals surface area contributed by atoms with Crippen LogP contribution in [-0.2, 0) is 0 Å². The first-order valence-corrected chi connectivity index (χ1v) is 8.08. The number of nitrogens with zero attached hydrogens (tertiary/aromatic N) is 1. The predicted octanol–water partition coefficient (Wildman–Crippen LogP) is 4.15. The third-order valence-electron chi connectivity index (χ3n) is 3.66. The van der Waals surface area contributed by atoms with E-state index >= 15 is 0 Å². The summed E-state index contributed by atoms with van der Waals surface area (Å²) in [5, 5.41) is 2.92. The maximum absolute atomic E-state index is 12.7. The van der Waals surface area contributed by atoms with Gasteiger partial charge >= 0.3 is 0 Å². The number of ether oxygens (including phenoxy) is 1. The number of rotatable bonds is 7. The summed E-state index contributed by atoms with van der Waals surface area (Å²) in [5.41, 5.74) is 2.28. The number of para-hydroxylation sites is 2. The molecular formula is C19H24N2O2+. The lowest BCUT2D eigenvalue weighted by Gasteiger charge is -2.15. The minimum Gasteiger partial charge on any atom is -0.487 e. The first-order valence-electron chi connectivity index (χ1n) is 8.08. The zero-order valence-corrected chi connectivity index (χ0v) is 14.0. The molecule has 23 heavy (non-hydrogen) atoms. The Kier molecular flexibility index (Phi) is 6.18. The maximum atomic E-state index is 12.7. The van der Waals surface area contributed by atoms with Crippen LogP contribution in [0, 0.1) is 0 Å². The Labute approximate surface area is 138 Å². The van der Waals surface area contributed by atoms with Gasteiger partial charge < -0.3 is 10.1 Å². The molecule has 4 heteroatoms. The van der Waals surface area contributed by atoms with E-state index in [-0.39, 0.29) is 5.91 Å². The van der Waals surface area contributed by atoms with Crippen LogP contribution in [0.5, 0.6) is 5.75 Å². The molecule has 0 aliphatic rings. The minimum absolute atomic E-state index is 0.159. The van der Waals surface area contributed by atoms with Gasteiger partial charge in [-0.2, -0.15) is 0 Å². The molecule has 2 aromatic rings. The van der Waals surface area contributed by atoms with Crippen LogP contribution < -0.4 is 15.0 Å². The van der Waals surface area contributed by atoms with Crippen LogP contribution >= 0.6 is 0 Å². The van der Waals surface area contributed by atoms with Crippen LogP contribution in [0.15, 0.2) is 48.5 Å². The summed E-state index contributed by atoms with van der Waals surface area (Å²) in [4.78, 5) is 14.8. The van der Waals surface area contributed by atoms with E-state index in [1.807, 2.05) is 49.4 Å². The highest BCUT2D eigenvalue weighted by Gasteiger charge is 2.25. The summed E-state index contributed by atoms with van der Waals surface area (Å²) >= 11 is 0. The van der Waals surface area contributed by atoms with E-state index in [9.17, 15) is 4.79 Å². The van der Waals surface area contributed by atoms with Crippen LogP contribution in [0.25, 0.3) is 0 Å². The Morgan fingerprint density at radius 3 is 2.30 bits per heavy atom. The van der Waals surface area contributed by atoms with Gasteiger partial charge in [-0.05, 0) is 39.0 Å².